The summed E-state index contributed by atoms with van der Waals surface area (Å²) in [5.74, 6) is 0.473. The maximum atomic E-state index is 6.36. The van der Waals surface area contributed by atoms with Gasteiger partial charge in [0.1, 0.15) is 11.2 Å². The molecule has 0 amide bonds. The Hall–Kier alpha value is -5.40. The topological polar surface area (TPSA) is 13.1 Å². The van der Waals surface area contributed by atoms with Gasteiger partial charge in [-0.05, 0) is 55.8 Å². The van der Waals surface area contributed by atoms with Crippen LogP contribution in [-0.4, -0.2) is 0 Å². The molecule has 43 heavy (non-hydrogen) atoms. The fourth-order valence-electron chi connectivity index (χ4n) is 7.42. The van der Waals surface area contributed by atoms with Gasteiger partial charge in [-0.1, -0.05) is 152 Å². The van der Waals surface area contributed by atoms with Crippen LogP contribution in [0.3, 0.4) is 0 Å². The number of furan rings is 1. The van der Waals surface area contributed by atoms with Crippen molar-refractivity contribution in [1.82, 2.24) is 0 Å². The Bertz CT molecular complexity index is 2290. The van der Waals surface area contributed by atoms with Crippen molar-refractivity contribution in [3.05, 3.63) is 186 Å². The summed E-state index contributed by atoms with van der Waals surface area (Å²) < 4.78 is 6.36. The van der Waals surface area contributed by atoms with E-state index in [1.165, 1.54) is 49.7 Å². The minimum atomic E-state index is 0.224. The molecule has 6 aromatic carbocycles. The Kier molecular flexibility index (Phi) is 5.39. The molecule has 0 N–H and O–H groups in total. The highest BCUT2D eigenvalue weighted by Gasteiger charge is 2.35. The Morgan fingerprint density at radius 2 is 1.21 bits per heavy atom. The molecule has 2 aliphatic carbocycles. The minimum Gasteiger partial charge on any atom is -0.455 e. The zero-order chi connectivity index (χ0) is 28.3. The van der Waals surface area contributed by atoms with Gasteiger partial charge in [0, 0.05) is 28.2 Å². The van der Waals surface area contributed by atoms with Crippen molar-refractivity contribution in [2.75, 3.05) is 0 Å². The normalized spacial score (nSPS) is 17.5. The third-order valence-electron chi connectivity index (χ3n) is 9.32. The van der Waals surface area contributed by atoms with Crippen LogP contribution in [-0.2, 0) is 0 Å². The molecule has 9 rings (SSSR count). The van der Waals surface area contributed by atoms with E-state index in [-0.39, 0.29) is 11.8 Å². The summed E-state index contributed by atoms with van der Waals surface area (Å²) in [6, 6.07) is 48.4. The third kappa shape index (κ3) is 3.72. The second-order valence-corrected chi connectivity index (χ2v) is 11.6. The van der Waals surface area contributed by atoms with Crippen molar-refractivity contribution in [2.24, 2.45) is 5.92 Å². The SMILES string of the molecule is C1=CC2=C(c3cccc4ccccc34)c3ccccc3C(c3ccc(-c4cccc5c4oc4ccccc45)cc3)C2C=C1. The summed E-state index contributed by atoms with van der Waals surface area (Å²) in [7, 11) is 0. The molecule has 2 aliphatic rings. The fraction of sp³-hybridized carbons (Fsp3) is 0.0476. The summed E-state index contributed by atoms with van der Waals surface area (Å²) in [6.07, 6.45) is 9.14. The van der Waals surface area contributed by atoms with Crippen LogP contribution in [0.25, 0.3) is 49.4 Å². The second kappa shape index (κ2) is 9.58. The lowest BCUT2D eigenvalue weighted by molar-refractivity contribution is 0.649. The van der Waals surface area contributed by atoms with Gasteiger partial charge in [-0.25, -0.2) is 0 Å². The van der Waals surface area contributed by atoms with Crippen LogP contribution in [0.2, 0.25) is 0 Å². The van der Waals surface area contributed by atoms with Gasteiger partial charge in [-0.3, -0.25) is 0 Å². The van der Waals surface area contributed by atoms with E-state index in [4.69, 9.17) is 4.42 Å². The third-order valence-corrected chi connectivity index (χ3v) is 9.32. The summed E-state index contributed by atoms with van der Waals surface area (Å²) in [4.78, 5) is 0. The van der Waals surface area contributed by atoms with Crippen molar-refractivity contribution < 1.29 is 4.42 Å². The zero-order valence-electron chi connectivity index (χ0n) is 23.6. The fourth-order valence-corrected chi connectivity index (χ4v) is 7.42. The smallest absolute Gasteiger partial charge is 0.143 e. The molecule has 0 saturated heterocycles. The van der Waals surface area contributed by atoms with Crippen LogP contribution in [0, 0.1) is 5.92 Å². The molecule has 0 bridgehead atoms. The van der Waals surface area contributed by atoms with Gasteiger partial charge in [-0.15, -0.1) is 0 Å². The number of hydrogen-bond donors (Lipinski definition) is 0. The standard InChI is InChI=1S/C42H28O/c1-2-13-30-27(11-1)12-9-20-33(30)41-36-17-5-3-15-34(36)40(35-16-4-6-18-37(35)41)29-25-23-28(24-26-29)31-19-10-21-38-32-14-7-8-22-39(32)43-42(31)38/h1-26,34,40H. The van der Waals surface area contributed by atoms with Crippen LogP contribution >= 0.6 is 0 Å². The molecule has 1 aromatic heterocycles. The summed E-state index contributed by atoms with van der Waals surface area (Å²) in [5, 5.41) is 4.89. The molecule has 1 heteroatoms. The van der Waals surface area contributed by atoms with Crippen LogP contribution in [0.5, 0.6) is 0 Å². The molecular formula is C42H28O. The lowest BCUT2D eigenvalue weighted by atomic mass is 9.66. The van der Waals surface area contributed by atoms with Gasteiger partial charge in [0.15, 0.2) is 0 Å². The van der Waals surface area contributed by atoms with E-state index >= 15 is 0 Å². The molecule has 1 heterocycles. The lowest BCUT2D eigenvalue weighted by Gasteiger charge is -2.37. The van der Waals surface area contributed by atoms with E-state index in [2.05, 4.69) is 146 Å². The Morgan fingerprint density at radius 1 is 0.512 bits per heavy atom. The summed E-state index contributed by atoms with van der Waals surface area (Å²) >= 11 is 0. The number of rotatable bonds is 3. The molecule has 202 valence electrons. The maximum Gasteiger partial charge on any atom is 0.143 e. The van der Waals surface area contributed by atoms with Gasteiger partial charge in [0.2, 0.25) is 0 Å². The van der Waals surface area contributed by atoms with Crippen molar-refractivity contribution in [1.29, 1.82) is 0 Å². The highest BCUT2D eigenvalue weighted by atomic mass is 16.3. The number of fused-ring (bicyclic) bond motifs is 6. The Morgan fingerprint density at radius 3 is 2.14 bits per heavy atom. The van der Waals surface area contributed by atoms with Gasteiger partial charge >= 0.3 is 0 Å². The molecule has 7 aromatic rings. The van der Waals surface area contributed by atoms with E-state index < -0.39 is 0 Å². The molecule has 0 aliphatic heterocycles. The minimum absolute atomic E-state index is 0.224. The molecule has 0 saturated carbocycles. The predicted molar refractivity (Wildman–Crippen MR) is 179 cm³/mol. The zero-order valence-corrected chi connectivity index (χ0v) is 23.6. The Labute approximate surface area is 250 Å². The average molecular weight is 549 g/mol. The Balaban J connectivity index is 1.19. The van der Waals surface area contributed by atoms with Gasteiger partial charge in [0.25, 0.3) is 0 Å². The van der Waals surface area contributed by atoms with Crippen molar-refractivity contribution >= 4 is 38.3 Å². The highest BCUT2D eigenvalue weighted by Crippen LogP contribution is 2.51. The lowest BCUT2D eigenvalue weighted by Crippen LogP contribution is -2.22. The van der Waals surface area contributed by atoms with Crippen molar-refractivity contribution in [2.45, 2.75) is 5.92 Å². The van der Waals surface area contributed by atoms with Crippen molar-refractivity contribution in [3.63, 3.8) is 0 Å². The quantitative estimate of drug-likeness (QED) is 0.214. The average Bonchev–Trinajstić information content (AvgIpc) is 3.46. The molecule has 1 nitrogen and oxygen atoms in total. The first-order chi connectivity index (χ1) is 21.3. The molecule has 0 radical (unpaired) electrons. The van der Waals surface area contributed by atoms with Crippen LogP contribution in [0.1, 0.15) is 28.2 Å². The van der Waals surface area contributed by atoms with E-state index in [1.807, 2.05) is 12.1 Å². The van der Waals surface area contributed by atoms with Crippen LogP contribution in [0.15, 0.2) is 168 Å². The number of hydrogen-bond acceptors (Lipinski definition) is 1. The van der Waals surface area contributed by atoms with E-state index in [9.17, 15) is 0 Å². The maximum absolute atomic E-state index is 6.36. The molecule has 2 atom stereocenters. The molecule has 0 fully saturated rings. The van der Waals surface area contributed by atoms with E-state index in [0.29, 0.717) is 0 Å². The van der Waals surface area contributed by atoms with Gasteiger partial charge < -0.3 is 4.42 Å². The summed E-state index contributed by atoms with van der Waals surface area (Å²) in [6.45, 7) is 0. The van der Waals surface area contributed by atoms with E-state index in [1.54, 1.807) is 0 Å². The first kappa shape index (κ1) is 24.2. The van der Waals surface area contributed by atoms with Crippen LogP contribution in [0.4, 0.5) is 0 Å². The second-order valence-electron chi connectivity index (χ2n) is 11.6. The van der Waals surface area contributed by atoms with Crippen molar-refractivity contribution in [3.8, 4) is 11.1 Å². The first-order valence-electron chi connectivity index (χ1n) is 15.0. The monoisotopic (exact) mass is 548 g/mol. The van der Waals surface area contributed by atoms with E-state index in [0.717, 1.165) is 27.5 Å². The molecule has 2 unspecified atom stereocenters. The van der Waals surface area contributed by atoms with Crippen LogP contribution < -0.4 is 0 Å². The van der Waals surface area contributed by atoms with Gasteiger partial charge in [0.05, 0.1) is 0 Å². The largest absolute Gasteiger partial charge is 0.455 e. The first-order valence-corrected chi connectivity index (χ1v) is 15.0. The van der Waals surface area contributed by atoms with Gasteiger partial charge in [-0.2, -0.15) is 0 Å². The number of allylic oxidation sites excluding steroid dienone is 5. The summed E-state index contributed by atoms with van der Waals surface area (Å²) in [5.41, 5.74) is 12.3. The highest BCUT2D eigenvalue weighted by molar-refractivity contribution is 6.09. The molecular weight excluding hydrogens is 520 g/mol. The molecule has 0 spiro atoms. The number of para-hydroxylation sites is 2. The number of benzene rings is 6. The predicted octanol–water partition coefficient (Wildman–Crippen LogP) is 11.1.